The van der Waals surface area contributed by atoms with Crippen molar-refractivity contribution in [2.75, 3.05) is 18.4 Å². The van der Waals surface area contributed by atoms with Crippen LogP contribution in [0.2, 0.25) is 0 Å². The van der Waals surface area contributed by atoms with Crippen LogP contribution in [0.25, 0.3) is 0 Å². The number of amides is 1. The molecular weight excluding hydrogens is 334 g/mol. The second-order valence-electron chi connectivity index (χ2n) is 4.89. The van der Waals surface area contributed by atoms with Gasteiger partial charge >= 0.3 is 0 Å². The number of sulfonamides is 1. The Balaban J connectivity index is 1.98. The molecule has 0 bridgehead atoms. The lowest BCUT2D eigenvalue weighted by atomic mass is 10.2. The molecule has 8 heteroatoms. The number of aryl methyl sites for hydroxylation is 1. The van der Waals surface area contributed by atoms with Crippen LogP contribution in [0.15, 0.2) is 46.0 Å². The molecule has 1 aromatic carbocycles. The first kappa shape index (κ1) is 17.6. The van der Waals surface area contributed by atoms with Crippen molar-refractivity contribution < 1.29 is 13.2 Å². The highest BCUT2D eigenvalue weighted by Gasteiger charge is 2.14. The predicted molar refractivity (Wildman–Crippen MR) is 92.0 cm³/mol. The topological polar surface area (TPSA) is 101 Å². The van der Waals surface area contributed by atoms with E-state index in [9.17, 15) is 13.2 Å². The van der Waals surface area contributed by atoms with Gasteiger partial charge in [0, 0.05) is 25.2 Å². The van der Waals surface area contributed by atoms with E-state index in [1.54, 1.807) is 23.5 Å². The molecule has 0 fully saturated rings. The maximum absolute atomic E-state index is 12.0. The summed E-state index contributed by atoms with van der Waals surface area (Å²) in [5.74, 6) is -0.152. The summed E-state index contributed by atoms with van der Waals surface area (Å²) in [6.07, 6.45) is 1.00. The first-order valence-electron chi connectivity index (χ1n) is 7.12. The van der Waals surface area contributed by atoms with Crippen LogP contribution in [0.3, 0.4) is 0 Å². The quantitative estimate of drug-likeness (QED) is 0.670. The van der Waals surface area contributed by atoms with Crippen LogP contribution in [-0.2, 0) is 21.2 Å². The Labute approximate surface area is 139 Å². The Bertz CT molecular complexity index is 743. The molecule has 0 saturated carbocycles. The SMILES string of the molecule is NCCNS(=O)(=O)c1cccc(NC(=O)CCc2ccsc2)c1. The van der Waals surface area contributed by atoms with Crippen molar-refractivity contribution >= 4 is 33.0 Å². The van der Waals surface area contributed by atoms with E-state index in [1.165, 1.54) is 12.1 Å². The Morgan fingerprint density at radius 3 is 2.78 bits per heavy atom. The van der Waals surface area contributed by atoms with Crippen LogP contribution in [-0.4, -0.2) is 27.4 Å². The molecule has 0 aliphatic rings. The molecule has 0 radical (unpaired) electrons. The van der Waals surface area contributed by atoms with Crippen molar-refractivity contribution in [2.45, 2.75) is 17.7 Å². The van der Waals surface area contributed by atoms with Crippen LogP contribution in [0.5, 0.6) is 0 Å². The van der Waals surface area contributed by atoms with Gasteiger partial charge in [0.05, 0.1) is 4.90 Å². The van der Waals surface area contributed by atoms with E-state index in [0.717, 1.165) is 5.56 Å². The third-order valence-electron chi connectivity index (χ3n) is 3.09. The molecule has 6 nitrogen and oxygen atoms in total. The van der Waals surface area contributed by atoms with E-state index in [4.69, 9.17) is 5.73 Å². The highest BCUT2D eigenvalue weighted by atomic mass is 32.2. The zero-order valence-corrected chi connectivity index (χ0v) is 14.1. The molecule has 0 saturated heterocycles. The van der Waals surface area contributed by atoms with Crippen LogP contribution >= 0.6 is 11.3 Å². The summed E-state index contributed by atoms with van der Waals surface area (Å²) in [4.78, 5) is 12.1. The van der Waals surface area contributed by atoms with E-state index in [1.807, 2.05) is 16.8 Å². The fourth-order valence-electron chi connectivity index (χ4n) is 1.93. The molecule has 0 unspecified atom stereocenters. The zero-order chi connectivity index (χ0) is 16.7. The first-order valence-corrected chi connectivity index (χ1v) is 9.54. The molecule has 1 heterocycles. The van der Waals surface area contributed by atoms with Crippen molar-refractivity contribution in [1.29, 1.82) is 0 Å². The number of nitrogens with one attached hydrogen (secondary N) is 2. The summed E-state index contributed by atoms with van der Waals surface area (Å²) in [7, 11) is -3.61. The third-order valence-corrected chi connectivity index (χ3v) is 5.28. The first-order chi connectivity index (χ1) is 11.0. The van der Waals surface area contributed by atoms with Gasteiger partial charge in [-0.3, -0.25) is 4.79 Å². The number of carbonyl (C=O) groups excluding carboxylic acids is 1. The number of hydrogen-bond donors (Lipinski definition) is 3. The van der Waals surface area contributed by atoms with E-state index < -0.39 is 10.0 Å². The van der Waals surface area contributed by atoms with Crippen LogP contribution < -0.4 is 15.8 Å². The third kappa shape index (κ3) is 5.43. The smallest absolute Gasteiger partial charge is 0.240 e. The number of carbonyl (C=O) groups is 1. The fraction of sp³-hybridized carbons (Fsp3) is 0.267. The van der Waals surface area contributed by atoms with E-state index in [2.05, 4.69) is 10.0 Å². The van der Waals surface area contributed by atoms with Gasteiger partial charge in [0.2, 0.25) is 15.9 Å². The summed E-state index contributed by atoms with van der Waals surface area (Å²) in [5, 5.41) is 6.69. The standard InChI is InChI=1S/C15H19N3O3S2/c16-7-8-17-23(20,21)14-3-1-2-13(10-14)18-15(19)5-4-12-6-9-22-11-12/h1-3,6,9-11,17H,4-5,7-8,16H2,(H,18,19). The molecule has 2 rings (SSSR count). The fourth-order valence-corrected chi connectivity index (χ4v) is 3.73. The molecule has 0 aliphatic carbocycles. The van der Waals surface area contributed by atoms with E-state index in [-0.39, 0.29) is 23.9 Å². The van der Waals surface area contributed by atoms with Crippen LogP contribution in [0, 0.1) is 0 Å². The van der Waals surface area contributed by atoms with Gasteiger partial charge in [0.15, 0.2) is 0 Å². The second-order valence-corrected chi connectivity index (χ2v) is 7.44. The summed E-state index contributed by atoms with van der Waals surface area (Å²) < 4.78 is 26.4. The minimum absolute atomic E-state index is 0.0987. The number of rotatable bonds is 8. The molecule has 0 atom stereocenters. The highest BCUT2D eigenvalue weighted by molar-refractivity contribution is 7.89. The maximum atomic E-state index is 12.0. The number of benzene rings is 1. The Hall–Kier alpha value is -1.74. The molecule has 1 amide bonds. The summed E-state index contributed by atoms with van der Waals surface area (Å²) in [5.41, 5.74) is 6.87. The second kappa shape index (κ2) is 8.21. The van der Waals surface area contributed by atoms with Gasteiger partial charge < -0.3 is 11.1 Å². The van der Waals surface area contributed by atoms with Gasteiger partial charge in [-0.15, -0.1) is 0 Å². The molecule has 2 aromatic rings. The lowest BCUT2D eigenvalue weighted by Gasteiger charge is -2.09. The molecule has 124 valence electrons. The monoisotopic (exact) mass is 353 g/mol. The summed E-state index contributed by atoms with van der Waals surface area (Å²) in [6.45, 7) is 0.387. The number of hydrogen-bond acceptors (Lipinski definition) is 5. The molecule has 23 heavy (non-hydrogen) atoms. The van der Waals surface area contributed by atoms with Crippen LogP contribution in [0.4, 0.5) is 5.69 Å². The lowest BCUT2D eigenvalue weighted by molar-refractivity contribution is -0.116. The number of anilines is 1. The summed E-state index contributed by atoms with van der Waals surface area (Å²) in [6, 6.07) is 8.13. The highest BCUT2D eigenvalue weighted by Crippen LogP contribution is 2.16. The Morgan fingerprint density at radius 1 is 1.26 bits per heavy atom. The predicted octanol–water partition coefficient (Wildman–Crippen LogP) is 1.56. The summed E-state index contributed by atoms with van der Waals surface area (Å²) >= 11 is 1.59. The lowest BCUT2D eigenvalue weighted by Crippen LogP contribution is -2.29. The molecule has 0 aliphatic heterocycles. The Kier molecular flexibility index (Phi) is 6.28. The Morgan fingerprint density at radius 2 is 2.09 bits per heavy atom. The van der Waals surface area contributed by atoms with Crippen molar-refractivity contribution in [2.24, 2.45) is 5.73 Å². The van der Waals surface area contributed by atoms with E-state index >= 15 is 0 Å². The minimum Gasteiger partial charge on any atom is -0.329 e. The van der Waals surface area contributed by atoms with Crippen molar-refractivity contribution in [3.8, 4) is 0 Å². The van der Waals surface area contributed by atoms with Gasteiger partial charge in [-0.05, 0) is 47.0 Å². The van der Waals surface area contributed by atoms with Crippen molar-refractivity contribution in [1.82, 2.24) is 4.72 Å². The normalized spacial score (nSPS) is 11.3. The van der Waals surface area contributed by atoms with Crippen LogP contribution in [0.1, 0.15) is 12.0 Å². The average Bonchev–Trinajstić information content (AvgIpc) is 3.05. The van der Waals surface area contributed by atoms with Crippen molar-refractivity contribution in [3.05, 3.63) is 46.7 Å². The number of nitrogens with two attached hydrogens (primary N) is 1. The molecular formula is C15H19N3O3S2. The van der Waals surface area contributed by atoms with Gasteiger partial charge in [-0.2, -0.15) is 11.3 Å². The van der Waals surface area contributed by atoms with E-state index in [0.29, 0.717) is 18.5 Å². The van der Waals surface area contributed by atoms with Crippen molar-refractivity contribution in [3.63, 3.8) is 0 Å². The zero-order valence-electron chi connectivity index (χ0n) is 12.5. The van der Waals surface area contributed by atoms with Gasteiger partial charge in [-0.1, -0.05) is 6.07 Å². The average molecular weight is 353 g/mol. The molecule has 1 aromatic heterocycles. The van der Waals surface area contributed by atoms with Gasteiger partial charge in [0.25, 0.3) is 0 Å². The van der Waals surface area contributed by atoms with Gasteiger partial charge in [0.1, 0.15) is 0 Å². The molecule has 4 N–H and O–H groups in total. The molecule has 0 spiro atoms. The largest absolute Gasteiger partial charge is 0.329 e. The number of thiophene rings is 1. The maximum Gasteiger partial charge on any atom is 0.240 e. The van der Waals surface area contributed by atoms with Gasteiger partial charge in [-0.25, -0.2) is 13.1 Å². The minimum atomic E-state index is -3.61.